The Morgan fingerprint density at radius 3 is 2.43 bits per heavy atom. The summed E-state index contributed by atoms with van der Waals surface area (Å²) < 4.78 is 0. The fourth-order valence-electron chi connectivity index (χ4n) is 2.05. The quantitative estimate of drug-likeness (QED) is 0.720. The van der Waals surface area contributed by atoms with E-state index in [0.29, 0.717) is 6.04 Å². The van der Waals surface area contributed by atoms with E-state index in [0.717, 1.165) is 18.8 Å². The molecule has 1 amide bonds. The molecule has 0 saturated heterocycles. The number of rotatable bonds is 3. The van der Waals surface area contributed by atoms with Crippen LogP contribution in [0.4, 0.5) is 0 Å². The molecule has 1 unspecified atom stereocenters. The summed E-state index contributed by atoms with van der Waals surface area (Å²) in [5.41, 5.74) is 5.49. The van der Waals surface area contributed by atoms with Crippen molar-refractivity contribution in [3.8, 4) is 0 Å². The molecule has 14 heavy (non-hydrogen) atoms. The van der Waals surface area contributed by atoms with Crippen molar-refractivity contribution in [2.24, 2.45) is 11.7 Å². The molecule has 1 rings (SSSR count). The Morgan fingerprint density at radius 2 is 2.00 bits per heavy atom. The van der Waals surface area contributed by atoms with Crippen LogP contribution in [0.25, 0.3) is 0 Å². The molecule has 0 heterocycles. The molecular formula is C11H22N2O. The van der Waals surface area contributed by atoms with E-state index >= 15 is 0 Å². The van der Waals surface area contributed by atoms with Gasteiger partial charge in [-0.05, 0) is 38.5 Å². The second kappa shape index (κ2) is 5.35. The molecule has 0 aromatic rings. The second-order valence-corrected chi connectivity index (χ2v) is 4.42. The van der Waals surface area contributed by atoms with Gasteiger partial charge in [-0.15, -0.1) is 0 Å². The minimum absolute atomic E-state index is 0.00931. The smallest absolute Gasteiger partial charge is 0.236 e. The average molecular weight is 198 g/mol. The van der Waals surface area contributed by atoms with E-state index < -0.39 is 0 Å². The lowest BCUT2D eigenvalue weighted by Gasteiger charge is -2.28. The summed E-state index contributed by atoms with van der Waals surface area (Å²) in [5.74, 6) is 0.864. The Hall–Kier alpha value is -0.570. The minimum atomic E-state index is -0.376. The van der Waals surface area contributed by atoms with Crippen LogP contribution < -0.4 is 11.1 Å². The number of nitrogens with one attached hydrogen (secondary N) is 1. The summed E-state index contributed by atoms with van der Waals surface area (Å²) >= 11 is 0. The molecule has 1 saturated carbocycles. The van der Waals surface area contributed by atoms with Gasteiger partial charge < -0.3 is 11.1 Å². The van der Waals surface area contributed by atoms with Gasteiger partial charge in [-0.3, -0.25) is 4.79 Å². The molecule has 0 spiro atoms. The van der Waals surface area contributed by atoms with Gasteiger partial charge in [0.1, 0.15) is 0 Å². The van der Waals surface area contributed by atoms with Crippen molar-refractivity contribution in [2.75, 3.05) is 0 Å². The van der Waals surface area contributed by atoms with Crippen LogP contribution in [0.5, 0.6) is 0 Å². The van der Waals surface area contributed by atoms with Crippen LogP contribution in [0.3, 0.4) is 0 Å². The van der Waals surface area contributed by atoms with Gasteiger partial charge in [-0.25, -0.2) is 0 Å². The molecule has 0 aliphatic heterocycles. The standard InChI is InChI=1S/C11H22N2O/c1-3-9-4-6-10(7-5-9)13-11(14)8(2)12/h8-10H,3-7,12H2,1-2H3,(H,13,14). The monoisotopic (exact) mass is 198 g/mol. The highest BCUT2D eigenvalue weighted by Crippen LogP contribution is 2.26. The summed E-state index contributed by atoms with van der Waals surface area (Å²) in [6.07, 6.45) is 6.02. The van der Waals surface area contributed by atoms with E-state index in [-0.39, 0.29) is 11.9 Å². The Morgan fingerprint density at radius 1 is 1.43 bits per heavy atom. The largest absolute Gasteiger partial charge is 0.352 e. The predicted octanol–water partition coefficient (Wildman–Crippen LogP) is 1.42. The fourth-order valence-corrected chi connectivity index (χ4v) is 2.05. The van der Waals surface area contributed by atoms with Crippen molar-refractivity contribution < 1.29 is 4.79 Å². The molecule has 3 heteroatoms. The van der Waals surface area contributed by atoms with Gasteiger partial charge in [0.05, 0.1) is 6.04 Å². The first-order chi connectivity index (χ1) is 6.63. The second-order valence-electron chi connectivity index (χ2n) is 4.42. The number of amides is 1. The molecule has 0 bridgehead atoms. The lowest BCUT2D eigenvalue weighted by molar-refractivity contribution is -0.122. The molecule has 0 radical (unpaired) electrons. The van der Waals surface area contributed by atoms with Crippen LogP contribution in [0.2, 0.25) is 0 Å². The lowest BCUT2D eigenvalue weighted by atomic mass is 9.84. The van der Waals surface area contributed by atoms with Crippen LogP contribution in [-0.2, 0) is 4.79 Å². The van der Waals surface area contributed by atoms with Gasteiger partial charge in [-0.1, -0.05) is 13.3 Å². The van der Waals surface area contributed by atoms with Gasteiger partial charge in [0.2, 0.25) is 5.91 Å². The number of hydrogen-bond acceptors (Lipinski definition) is 2. The molecular weight excluding hydrogens is 176 g/mol. The third-order valence-electron chi connectivity index (χ3n) is 3.18. The summed E-state index contributed by atoms with van der Waals surface area (Å²) in [6, 6.07) is -0.00445. The van der Waals surface area contributed by atoms with Gasteiger partial charge in [0.25, 0.3) is 0 Å². The minimum Gasteiger partial charge on any atom is -0.352 e. The SMILES string of the molecule is CCC1CCC(NC(=O)C(C)N)CC1. The zero-order valence-corrected chi connectivity index (χ0v) is 9.25. The van der Waals surface area contributed by atoms with Crippen LogP contribution in [0, 0.1) is 5.92 Å². The molecule has 1 aliphatic carbocycles. The van der Waals surface area contributed by atoms with Crippen molar-refractivity contribution in [1.82, 2.24) is 5.32 Å². The molecule has 3 N–H and O–H groups in total. The average Bonchev–Trinajstić information content (AvgIpc) is 2.19. The Balaban J connectivity index is 2.25. The highest BCUT2D eigenvalue weighted by atomic mass is 16.2. The maximum atomic E-state index is 11.3. The van der Waals surface area contributed by atoms with Gasteiger partial charge >= 0.3 is 0 Å². The zero-order valence-electron chi connectivity index (χ0n) is 9.25. The van der Waals surface area contributed by atoms with E-state index in [1.807, 2.05) is 0 Å². The normalized spacial score (nSPS) is 29.6. The first-order valence-corrected chi connectivity index (χ1v) is 5.69. The molecule has 82 valence electrons. The van der Waals surface area contributed by atoms with Crippen LogP contribution >= 0.6 is 0 Å². The van der Waals surface area contributed by atoms with E-state index in [2.05, 4.69) is 12.2 Å². The maximum absolute atomic E-state index is 11.3. The summed E-state index contributed by atoms with van der Waals surface area (Å²) in [5, 5.41) is 3.00. The number of carbonyl (C=O) groups excluding carboxylic acids is 1. The molecule has 0 aromatic heterocycles. The summed E-state index contributed by atoms with van der Waals surface area (Å²) in [4.78, 5) is 11.3. The summed E-state index contributed by atoms with van der Waals surface area (Å²) in [6.45, 7) is 3.97. The predicted molar refractivity (Wildman–Crippen MR) is 57.8 cm³/mol. The Bertz CT molecular complexity index is 184. The Labute approximate surface area is 86.4 Å². The number of nitrogens with two attached hydrogens (primary N) is 1. The van der Waals surface area contributed by atoms with Crippen molar-refractivity contribution in [1.29, 1.82) is 0 Å². The van der Waals surface area contributed by atoms with E-state index in [1.165, 1.54) is 19.3 Å². The van der Waals surface area contributed by atoms with Crippen molar-refractivity contribution in [2.45, 2.75) is 58.0 Å². The van der Waals surface area contributed by atoms with E-state index in [4.69, 9.17) is 5.73 Å². The van der Waals surface area contributed by atoms with Crippen LogP contribution in [-0.4, -0.2) is 18.0 Å². The number of carbonyl (C=O) groups is 1. The molecule has 1 fully saturated rings. The van der Waals surface area contributed by atoms with Crippen LogP contribution in [0.1, 0.15) is 46.0 Å². The van der Waals surface area contributed by atoms with Crippen molar-refractivity contribution in [3.05, 3.63) is 0 Å². The summed E-state index contributed by atoms with van der Waals surface area (Å²) in [7, 11) is 0. The lowest BCUT2D eigenvalue weighted by Crippen LogP contribution is -2.45. The highest BCUT2D eigenvalue weighted by molar-refractivity contribution is 5.81. The molecule has 0 aromatic carbocycles. The zero-order chi connectivity index (χ0) is 10.6. The van der Waals surface area contributed by atoms with Crippen LogP contribution in [0.15, 0.2) is 0 Å². The topological polar surface area (TPSA) is 55.1 Å². The number of hydrogen-bond donors (Lipinski definition) is 2. The molecule has 1 aliphatic rings. The van der Waals surface area contributed by atoms with E-state index in [1.54, 1.807) is 6.92 Å². The van der Waals surface area contributed by atoms with Gasteiger partial charge in [0.15, 0.2) is 0 Å². The maximum Gasteiger partial charge on any atom is 0.236 e. The highest BCUT2D eigenvalue weighted by Gasteiger charge is 2.21. The Kier molecular flexibility index (Phi) is 4.39. The first kappa shape index (κ1) is 11.5. The van der Waals surface area contributed by atoms with Gasteiger partial charge in [0, 0.05) is 6.04 Å². The van der Waals surface area contributed by atoms with Gasteiger partial charge in [-0.2, -0.15) is 0 Å². The van der Waals surface area contributed by atoms with Crippen molar-refractivity contribution in [3.63, 3.8) is 0 Å². The first-order valence-electron chi connectivity index (χ1n) is 5.69. The fraction of sp³-hybridized carbons (Fsp3) is 0.909. The van der Waals surface area contributed by atoms with Crippen molar-refractivity contribution >= 4 is 5.91 Å². The van der Waals surface area contributed by atoms with E-state index in [9.17, 15) is 4.79 Å². The molecule has 3 nitrogen and oxygen atoms in total. The third kappa shape index (κ3) is 3.29. The third-order valence-corrected chi connectivity index (χ3v) is 3.18. The molecule has 1 atom stereocenters.